The maximum absolute atomic E-state index is 12.9. The summed E-state index contributed by atoms with van der Waals surface area (Å²) in [5.74, 6) is 0.756. The zero-order valence-electron chi connectivity index (χ0n) is 12.7. The van der Waals surface area contributed by atoms with Crippen LogP contribution in [-0.2, 0) is 0 Å². The normalized spacial score (nSPS) is 18.0. The van der Waals surface area contributed by atoms with Gasteiger partial charge < -0.3 is 15.0 Å². The van der Waals surface area contributed by atoms with Gasteiger partial charge in [0.1, 0.15) is 5.75 Å². The second kappa shape index (κ2) is 6.62. The highest BCUT2D eigenvalue weighted by Crippen LogP contribution is 2.25. The van der Waals surface area contributed by atoms with Gasteiger partial charge >= 0.3 is 0 Å². The van der Waals surface area contributed by atoms with E-state index in [4.69, 9.17) is 4.74 Å². The molecule has 1 aliphatic rings. The van der Waals surface area contributed by atoms with Crippen LogP contribution in [0.25, 0.3) is 0 Å². The first-order valence-electron chi connectivity index (χ1n) is 7.50. The number of nitrogens with one attached hydrogen (secondary N) is 1. The minimum Gasteiger partial charge on any atom is -0.497 e. The lowest BCUT2D eigenvalue weighted by Crippen LogP contribution is -2.48. The molecule has 2 aromatic carbocycles. The van der Waals surface area contributed by atoms with Crippen molar-refractivity contribution in [2.24, 2.45) is 0 Å². The third-order valence-corrected chi connectivity index (χ3v) is 4.01. The SMILES string of the molecule is COc1cccc(C(=O)N2CCNCC2c2ccccc2)c1. The van der Waals surface area contributed by atoms with Crippen LogP contribution < -0.4 is 10.1 Å². The van der Waals surface area contributed by atoms with Crippen molar-refractivity contribution in [2.45, 2.75) is 6.04 Å². The van der Waals surface area contributed by atoms with Crippen LogP contribution >= 0.6 is 0 Å². The van der Waals surface area contributed by atoms with E-state index in [2.05, 4.69) is 17.4 Å². The lowest BCUT2D eigenvalue weighted by Gasteiger charge is -2.36. The van der Waals surface area contributed by atoms with Crippen molar-refractivity contribution in [1.29, 1.82) is 0 Å². The molecule has 22 heavy (non-hydrogen) atoms. The predicted molar refractivity (Wildman–Crippen MR) is 86.1 cm³/mol. The molecular formula is C18H20N2O2. The van der Waals surface area contributed by atoms with E-state index in [1.54, 1.807) is 13.2 Å². The number of methoxy groups -OCH3 is 1. The highest BCUT2D eigenvalue weighted by molar-refractivity contribution is 5.95. The number of ether oxygens (including phenoxy) is 1. The molecule has 2 aromatic rings. The molecule has 0 spiro atoms. The minimum atomic E-state index is 0.0502. The number of amides is 1. The summed E-state index contributed by atoms with van der Waals surface area (Å²) < 4.78 is 5.22. The smallest absolute Gasteiger partial charge is 0.254 e. The maximum atomic E-state index is 12.9. The Labute approximate surface area is 130 Å². The molecule has 1 fully saturated rings. The fraction of sp³-hybridized carbons (Fsp3) is 0.278. The number of benzene rings is 2. The number of hydrogen-bond donors (Lipinski definition) is 1. The quantitative estimate of drug-likeness (QED) is 0.946. The van der Waals surface area contributed by atoms with Crippen molar-refractivity contribution in [3.63, 3.8) is 0 Å². The van der Waals surface area contributed by atoms with E-state index in [1.807, 2.05) is 41.3 Å². The molecule has 4 nitrogen and oxygen atoms in total. The van der Waals surface area contributed by atoms with Gasteiger partial charge in [-0.2, -0.15) is 0 Å². The summed E-state index contributed by atoms with van der Waals surface area (Å²) in [5.41, 5.74) is 1.83. The van der Waals surface area contributed by atoms with Gasteiger partial charge in [0.15, 0.2) is 0 Å². The Morgan fingerprint density at radius 1 is 1.18 bits per heavy atom. The predicted octanol–water partition coefficient (Wildman–Crippen LogP) is 2.48. The molecule has 0 saturated carbocycles. The number of nitrogens with zero attached hydrogens (tertiary/aromatic N) is 1. The molecule has 0 bridgehead atoms. The summed E-state index contributed by atoms with van der Waals surface area (Å²) in [6.45, 7) is 2.30. The van der Waals surface area contributed by atoms with Gasteiger partial charge in [0.25, 0.3) is 5.91 Å². The molecule has 0 radical (unpaired) electrons. The van der Waals surface area contributed by atoms with Gasteiger partial charge in [0.2, 0.25) is 0 Å². The monoisotopic (exact) mass is 296 g/mol. The van der Waals surface area contributed by atoms with Crippen molar-refractivity contribution in [1.82, 2.24) is 10.2 Å². The van der Waals surface area contributed by atoms with Crippen molar-refractivity contribution >= 4 is 5.91 Å². The standard InChI is InChI=1S/C18H20N2O2/c1-22-16-9-5-8-15(12-16)18(21)20-11-10-19-13-17(20)14-6-3-2-4-7-14/h2-9,12,17,19H,10-11,13H2,1H3. The van der Waals surface area contributed by atoms with Gasteiger partial charge in [-0.05, 0) is 23.8 Å². The minimum absolute atomic E-state index is 0.0502. The van der Waals surface area contributed by atoms with Crippen molar-refractivity contribution in [2.75, 3.05) is 26.7 Å². The third-order valence-electron chi connectivity index (χ3n) is 4.01. The van der Waals surface area contributed by atoms with E-state index in [0.29, 0.717) is 17.9 Å². The summed E-state index contributed by atoms with van der Waals surface area (Å²) in [4.78, 5) is 14.8. The highest BCUT2D eigenvalue weighted by atomic mass is 16.5. The Morgan fingerprint density at radius 2 is 2.00 bits per heavy atom. The summed E-state index contributed by atoms with van der Waals surface area (Å²) in [6.07, 6.45) is 0. The Morgan fingerprint density at radius 3 is 2.77 bits per heavy atom. The summed E-state index contributed by atoms with van der Waals surface area (Å²) in [5, 5.41) is 3.37. The maximum Gasteiger partial charge on any atom is 0.254 e. The van der Waals surface area contributed by atoms with Crippen LogP contribution in [0.1, 0.15) is 22.0 Å². The van der Waals surface area contributed by atoms with E-state index in [0.717, 1.165) is 18.7 Å². The molecule has 1 heterocycles. The lowest BCUT2D eigenvalue weighted by atomic mass is 10.0. The van der Waals surface area contributed by atoms with E-state index in [1.165, 1.54) is 0 Å². The zero-order valence-corrected chi connectivity index (χ0v) is 12.7. The first kappa shape index (κ1) is 14.6. The highest BCUT2D eigenvalue weighted by Gasteiger charge is 2.28. The molecule has 0 aromatic heterocycles. The molecule has 3 rings (SSSR count). The molecule has 1 unspecified atom stereocenters. The van der Waals surface area contributed by atoms with Crippen LogP contribution in [0.15, 0.2) is 54.6 Å². The average molecular weight is 296 g/mol. The summed E-state index contributed by atoms with van der Waals surface area (Å²) >= 11 is 0. The topological polar surface area (TPSA) is 41.6 Å². The zero-order chi connectivity index (χ0) is 15.4. The number of carbonyl (C=O) groups excluding carboxylic acids is 1. The second-order valence-electron chi connectivity index (χ2n) is 5.36. The summed E-state index contributed by atoms with van der Waals surface area (Å²) in [7, 11) is 1.61. The van der Waals surface area contributed by atoms with E-state index in [-0.39, 0.29) is 11.9 Å². The van der Waals surface area contributed by atoms with Gasteiger partial charge in [-0.25, -0.2) is 0 Å². The molecule has 1 amide bonds. The molecule has 1 saturated heterocycles. The number of hydrogen-bond acceptors (Lipinski definition) is 3. The molecule has 1 atom stereocenters. The van der Waals surface area contributed by atoms with Crippen LogP contribution in [0.2, 0.25) is 0 Å². The molecule has 0 aliphatic carbocycles. The van der Waals surface area contributed by atoms with Gasteiger partial charge in [0.05, 0.1) is 13.2 Å². The molecule has 1 N–H and O–H groups in total. The largest absolute Gasteiger partial charge is 0.497 e. The Balaban J connectivity index is 1.88. The van der Waals surface area contributed by atoms with Crippen LogP contribution in [0.4, 0.5) is 0 Å². The number of piperazine rings is 1. The van der Waals surface area contributed by atoms with Crippen LogP contribution in [0, 0.1) is 0 Å². The molecular weight excluding hydrogens is 276 g/mol. The van der Waals surface area contributed by atoms with Crippen molar-refractivity contribution < 1.29 is 9.53 Å². The van der Waals surface area contributed by atoms with E-state index < -0.39 is 0 Å². The fourth-order valence-corrected chi connectivity index (χ4v) is 2.84. The Bertz CT molecular complexity index is 643. The van der Waals surface area contributed by atoms with Crippen LogP contribution in [-0.4, -0.2) is 37.6 Å². The van der Waals surface area contributed by atoms with Crippen LogP contribution in [0.3, 0.4) is 0 Å². The van der Waals surface area contributed by atoms with E-state index >= 15 is 0 Å². The molecule has 1 aliphatic heterocycles. The van der Waals surface area contributed by atoms with E-state index in [9.17, 15) is 4.79 Å². The Kier molecular flexibility index (Phi) is 4.39. The first-order valence-corrected chi connectivity index (χ1v) is 7.50. The molecule has 4 heteroatoms. The lowest BCUT2D eigenvalue weighted by molar-refractivity contribution is 0.0634. The second-order valence-corrected chi connectivity index (χ2v) is 5.36. The van der Waals surface area contributed by atoms with Gasteiger partial charge in [-0.3, -0.25) is 4.79 Å². The van der Waals surface area contributed by atoms with Gasteiger partial charge in [-0.1, -0.05) is 36.4 Å². The van der Waals surface area contributed by atoms with Crippen LogP contribution in [0.5, 0.6) is 5.75 Å². The van der Waals surface area contributed by atoms with Gasteiger partial charge in [0, 0.05) is 25.2 Å². The van der Waals surface area contributed by atoms with Crippen molar-refractivity contribution in [3.05, 3.63) is 65.7 Å². The third kappa shape index (κ3) is 2.97. The molecule has 114 valence electrons. The summed E-state index contributed by atoms with van der Waals surface area (Å²) in [6, 6.07) is 17.6. The van der Waals surface area contributed by atoms with Gasteiger partial charge in [-0.15, -0.1) is 0 Å². The average Bonchev–Trinajstić information content (AvgIpc) is 2.62. The number of carbonyl (C=O) groups is 1. The Hall–Kier alpha value is -2.33. The fourth-order valence-electron chi connectivity index (χ4n) is 2.84. The first-order chi connectivity index (χ1) is 10.8. The number of rotatable bonds is 3. The van der Waals surface area contributed by atoms with Crippen molar-refractivity contribution in [3.8, 4) is 5.75 Å².